The Kier molecular flexibility index (Phi) is 8.35. The number of carbonyl (C=O) groups excluding carboxylic acids is 3. The molecule has 0 bridgehead atoms. The summed E-state index contributed by atoms with van der Waals surface area (Å²) in [5.41, 5.74) is 0.868. The Hall–Kier alpha value is -2.49. The molecule has 1 rings (SSSR count). The van der Waals surface area contributed by atoms with Crippen LogP contribution in [-0.4, -0.2) is 77.9 Å². The lowest BCUT2D eigenvalue weighted by Crippen LogP contribution is -2.44. The molecular weight excluding hydrogens is 356 g/mol. The van der Waals surface area contributed by atoms with Crippen molar-refractivity contribution in [2.24, 2.45) is 0 Å². The summed E-state index contributed by atoms with van der Waals surface area (Å²) in [5.74, 6) is -2.54. The second-order valence-corrected chi connectivity index (χ2v) is 6.22. The Morgan fingerprint density at radius 2 is 1.67 bits per heavy atom. The SMILES string of the molecule is CCN(C)C(=O)OC(=O)C(O)C(O)C(=O)Oc1cccc([C@H](C)N(C)C)c1. The number of ether oxygens (including phenoxy) is 2. The first-order valence-electron chi connectivity index (χ1n) is 8.39. The van der Waals surface area contributed by atoms with Gasteiger partial charge in [0.1, 0.15) is 5.75 Å². The lowest BCUT2D eigenvalue weighted by atomic mass is 10.1. The van der Waals surface area contributed by atoms with Gasteiger partial charge in [-0.1, -0.05) is 12.1 Å². The minimum atomic E-state index is -2.25. The van der Waals surface area contributed by atoms with Gasteiger partial charge in [-0.15, -0.1) is 0 Å². The molecule has 27 heavy (non-hydrogen) atoms. The maximum absolute atomic E-state index is 12.0. The van der Waals surface area contributed by atoms with Crippen LogP contribution in [0.1, 0.15) is 25.5 Å². The summed E-state index contributed by atoms with van der Waals surface area (Å²) in [4.78, 5) is 38.2. The Balaban J connectivity index is 2.75. The largest absolute Gasteiger partial charge is 0.425 e. The fraction of sp³-hybridized carbons (Fsp3) is 0.500. The normalized spacial score (nSPS) is 14.2. The monoisotopic (exact) mass is 382 g/mol. The molecule has 2 N–H and O–H groups in total. The molecule has 0 saturated carbocycles. The second-order valence-electron chi connectivity index (χ2n) is 6.22. The molecule has 0 radical (unpaired) electrons. The van der Waals surface area contributed by atoms with Crippen LogP contribution in [0.2, 0.25) is 0 Å². The fourth-order valence-electron chi connectivity index (χ4n) is 1.92. The van der Waals surface area contributed by atoms with E-state index in [-0.39, 0.29) is 18.3 Å². The molecule has 9 heteroatoms. The van der Waals surface area contributed by atoms with E-state index in [0.29, 0.717) is 0 Å². The molecule has 0 saturated heterocycles. The Labute approximate surface area is 158 Å². The average molecular weight is 382 g/mol. The van der Waals surface area contributed by atoms with Crippen molar-refractivity contribution in [2.75, 3.05) is 27.7 Å². The van der Waals surface area contributed by atoms with Gasteiger partial charge in [0.15, 0.2) is 12.2 Å². The van der Waals surface area contributed by atoms with E-state index in [1.54, 1.807) is 19.1 Å². The van der Waals surface area contributed by atoms with Crippen molar-refractivity contribution in [1.82, 2.24) is 9.80 Å². The summed E-state index contributed by atoms with van der Waals surface area (Å²) in [5, 5.41) is 19.6. The minimum absolute atomic E-state index is 0.0516. The molecule has 0 fully saturated rings. The van der Waals surface area contributed by atoms with Gasteiger partial charge in [0, 0.05) is 19.6 Å². The predicted octanol–water partition coefficient (Wildman–Crippen LogP) is 0.551. The van der Waals surface area contributed by atoms with E-state index < -0.39 is 30.2 Å². The summed E-state index contributed by atoms with van der Waals surface area (Å²) in [6, 6.07) is 6.69. The second kappa shape index (κ2) is 10.0. The molecule has 1 aromatic carbocycles. The zero-order valence-corrected chi connectivity index (χ0v) is 16.1. The van der Waals surface area contributed by atoms with Gasteiger partial charge in [0.05, 0.1) is 0 Å². The Morgan fingerprint density at radius 1 is 1.07 bits per heavy atom. The minimum Gasteiger partial charge on any atom is -0.425 e. The number of esters is 2. The maximum atomic E-state index is 12.0. The third-order valence-corrected chi connectivity index (χ3v) is 4.09. The zero-order valence-electron chi connectivity index (χ0n) is 16.1. The molecule has 9 nitrogen and oxygen atoms in total. The van der Waals surface area contributed by atoms with Gasteiger partial charge in [-0.25, -0.2) is 14.4 Å². The first-order chi connectivity index (χ1) is 12.6. The smallest absolute Gasteiger partial charge is 0.417 e. The van der Waals surface area contributed by atoms with Crippen LogP contribution < -0.4 is 4.74 Å². The van der Waals surface area contributed by atoms with Crippen LogP contribution in [0, 0.1) is 0 Å². The number of benzene rings is 1. The topological polar surface area (TPSA) is 117 Å². The number of rotatable bonds is 7. The molecular formula is C18H26N2O7. The third kappa shape index (κ3) is 6.31. The zero-order chi connectivity index (χ0) is 20.7. The number of hydrogen-bond acceptors (Lipinski definition) is 8. The van der Waals surface area contributed by atoms with Crippen LogP contribution in [0.4, 0.5) is 4.79 Å². The quantitative estimate of drug-likeness (QED) is 0.399. The average Bonchev–Trinajstić information content (AvgIpc) is 2.65. The van der Waals surface area contributed by atoms with Crippen molar-refractivity contribution in [3.8, 4) is 5.75 Å². The standard InChI is InChI=1S/C18H26N2O7/c1-6-20(5)18(25)27-17(24)15(22)14(21)16(23)26-13-9-7-8-12(10-13)11(2)19(3)4/h7-11,14-15,21-22H,6H2,1-5H3/t11-,14?,15?/m0/s1. The van der Waals surface area contributed by atoms with Crippen molar-refractivity contribution in [1.29, 1.82) is 0 Å². The van der Waals surface area contributed by atoms with Crippen LogP contribution in [0.5, 0.6) is 5.75 Å². The maximum Gasteiger partial charge on any atom is 0.417 e. The van der Waals surface area contributed by atoms with Gasteiger partial charge in [0.25, 0.3) is 0 Å². The van der Waals surface area contributed by atoms with E-state index in [1.165, 1.54) is 13.1 Å². The van der Waals surface area contributed by atoms with Crippen LogP contribution in [0.25, 0.3) is 0 Å². The first kappa shape index (κ1) is 22.6. The van der Waals surface area contributed by atoms with Crippen LogP contribution in [-0.2, 0) is 14.3 Å². The highest BCUT2D eigenvalue weighted by Gasteiger charge is 2.35. The Morgan fingerprint density at radius 3 is 2.22 bits per heavy atom. The highest BCUT2D eigenvalue weighted by Crippen LogP contribution is 2.22. The van der Waals surface area contributed by atoms with Crippen LogP contribution >= 0.6 is 0 Å². The number of aliphatic hydroxyl groups excluding tert-OH is 2. The number of carbonyl (C=O) groups is 3. The van der Waals surface area contributed by atoms with Gasteiger partial charge in [0.2, 0.25) is 0 Å². The van der Waals surface area contributed by atoms with E-state index in [1.807, 2.05) is 32.0 Å². The van der Waals surface area contributed by atoms with Crippen molar-refractivity contribution in [2.45, 2.75) is 32.1 Å². The molecule has 0 aliphatic heterocycles. The highest BCUT2D eigenvalue weighted by molar-refractivity contribution is 5.91. The van der Waals surface area contributed by atoms with E-state index >= 15 is 0 Å². The number of nitrogens with zero attached hydrogens (tertiary/aromatic N) is 2. The van der Waals surface area contributed by atoms with E-state index in [4.69, 9.17) is 4.74 Å². The van der Waals surface area contributed by atoms with Gasteiger partial charge in [-0.05, 0) is 45.6 Å². The Bertz CT molecular complexity index is 677. The molecule has 150 valence electrons. The summed E-state index contributed by atoms with van der Waals surface area (Å²) >= 11 is 0. The summed E-state index contributed by atoms with van der Waals surface area (Å²) in [6.45, 7) is 3.88. The van der Waals surface area contributed by atoms with Gasteiger partial charge in [-0.2, -0.15) is 0 Å². The molecule has 1 aromatic rings. The lowest BCUT2D eigenvalue weighted by Gasteiger charge is -2.21. The van der Waals surface area contributed by atoms with Crippen molar-refractivity contribution in [3.05, 3.63) is 29.8 Å². The van der Waals surface area contributed by atoms with Gasteiger partial charge < -0.3 is 29.5 Å². The first-order valence-corrected chi connectivity index (χ1v) is 8.39. The molecule has 3 atom stereocenters. The molecule has 0 spiro atoms. The summed E-state index contributed by atoms with van der Waals surface area (Å²) in [6.07, 6.45) is -5.46. The molecule has 1 amide bonds. The van der Waals surface area contributed by atoms with E-state index in [2.05, 4.69) is 4.74 Å². The number of amides is 1. The lowest BCUT2D eigenvalue weighted by molar-refractivity contribution is -0.164. The number of hydrogen-bond donors (Lipinski definition) is 2. The fourth-order valence-corrected chi connectivity index (χ4v) is 1.92. The number of aliphatic hydroxyl groups is 2. The summed E-state index contributed by atoms with van der Waals surface area (Å²) in [7, 11) is 5.17. The molecule has 0 heterocycles. The molecule has 0 aliphatic carbocycles. The third-order valence-electron chi connectivity index (χ3n) is 4.09. The van der Waals surface area contributed by atoms with Gasteiger partial charge in [-0.3, -0.25) is 0 Å². The predicted molar refractivity (Wildman–Crippen MR) is 96.0 cm³/mol. The molecule has 0 aliphatic rings. The van der Waals surface area contributed by atoms with Crippen LogP contribution in [0.3, 0.4) is 0 Å². The van der Waals surface area contributed by atoms with Gasteiger partial charge >= 0.3 is 18.0 Å². The molecule has 0 aromatic heterocycles. The van der Waals surface area contributed by atoms with E-state index in [0.717, 1.165) is 10.5 Å². The summed E-state index contributed by atoms with van der Waals surface area (Å²) < 4.78 is 9.41. The van der Waals surface area contributed by atoms with Crippen molar-refractivity contribution in [3.63, 3.8) is 0 Å². The highest BCUT2D eigenvalue weighted by atomic mass is 16.6. The molecule has 2 unspecified atom stereocenters. The van der Waals surface area contributed by atoms with Crippen molar-refractivity contribution >= 4 is 18.0 Å². The van der Waals surface area contributed by atoms with Crippen LogP contribution in [0.15, 0.2) is 24.3 Å². The van der Waals surface area contributed by atoms with Crippen molar-refractivity contribution < 1.29 is 34.1 Å². The van der Waals surface area contributed by atoms with E-state index in [9.17, 15) is 24.6 Å².